The number of amides is 3. The van der Waals surface area contributed by atoms with Crippen LogP contribution < -0.4 is 5.43 Å². The number of nitrogens with zero attached hydrogens (tertiary/aromatic N) is 1. The van der Waals surface area contributed by atoms with Crippen molar-refractivity contribution < 1.29 is 14.4 Å². The van der Waals surface area contributed by atoms with Crippen molar-refractivity contribution in [2.45, 2.75) is 22.5 Å². The number of alkyl halides is 2. The molecule has 1 aliphatic heterocycles. The van der Waals surface area contributed by atoms with Crippen molar-refractivity contribution in [2.24, 2.45) is 11.8 Å². The third-order valence-corrected chi connectivity index (χ3v) is 7.78. The van der Waals surface area contributed by atoms with E-state index in [2.05, 4.69) is 37.3 Å². The first-order chi connectivity index (χ1) is 11.3. The highest BCUT2D eigenvalue weighted by molar-refractivity contribution is 9.12. The van der Waals surface area contributed by atoms with E-state index in [4.69, 9.17) is 23.2 Å². The van der Waals surface area contributed by atoms with Crippen LogP contribution in [-0.2, 0) is 9.59 Å². The number of imide groups is 1. The van der Waals surface area contributed by atoms with Gasteiger partial charge in [0.05, 0.1) is 21.9 Å². The molecule has 0 spiro atoms. The minimum Gasteiger partial charge on any atom is -0.272 e. The smallest absolute Gasteiger partial charge is 0.270 e. The fourth-order valence-electron chi connectivity index (χ4n) is 3.01. The number of benzene rings is 1. The summed E-state index contributed by atoms with van der Waals surface area (Å²) in [5.74, 6) is -2.15. The first-order valence-electron chi connectivity index (χ1n) is 7.21. The maximum atomic E-state index is 12.5. The topological polar surface area (TPSA) is 66.5 Å². The Labute approximate surface area is 165 Å². The number of hydrogen-bond acceptors (Lipinski definition) is 3. The van der Waals surface area contributed by atoms with E-state index < -0.39 is 17.7 Å². The molecule has 3 amide bonds. The number of carbonyl (C=O) groups is 3. The molecule has 128 valence electrons. The molecule has 2 aliphatic rings. The Morgan fingerprint density at radius 3 is 2.08 bits per heavy atom. The van der Waals surface area contributed by atoms with Crippen LogP contribution in [0.5, 0.6) is 0 Å². The molecule has 1 saturated heterocycles. The molecule has 0 radical (unpaired) electrons. The number of nitrogens with one attached hydrogen (secondary N) is 1. The molecule has 9 heteroatoms. The number of rotatable bonds is 2. The molecule has 4 atom stereocenters. The summed E-state index contributed by atoms with van der Waals surface area (Å²) in [6.07, 6.45) is 1.09. The third-order valence-electron chi connectivity index (χ3n) is 4.31. The Morgan fingerprint density at radius 2 is 1.58 bits per heavy atom. The van der Waals surface area contributed by atoms with Gasteiger partial charge in [0.1, 0.15) is 0 Å². The van der Waals surface area contributed by atoms with Crippen LogP contribution in [0.3, 0.4) is 0 Å². The van der Waals surface area contributed by atoms with Gasteiger partial charge in [-0.15, -0.1) is 0 Å². The van der Waals surface area contributed by atoms with Gasteiger partial charge in [0.15, 0.2) is 0 Å². The molecule has 5 nitrogen and oxygen atoms in total. The van der Waals surface area contributed by atoms with E-state index in [1.54, 1.807) is 0 Å². The van der Waals surface area contributed by atoms with E-state index >= 15 is 0 Å². The monoisotopic (exact) mass is 496 g/mol. The number of hydrogen-bond donors (Lipinski definition) is 1. The number of hydrazine groups is 1. The van der Waals surface area contributed by atoms with Crippen molar-refractivity contribution in [3.05, 3.63) is 33.8 Å². The lowest BCUT2D eigenvalue weighted by atomic mass is 9.81. The van der Waals surface area contributed by atoms with E-state index in [9.17, 15) is 14.4 Å². The molecule has 0 unspecified atom stereocenters. The van der Waals surface area contributed by atoms with Crippen LogP contribution in [0.1, 0.15) is 23.2 Å². The van der Waals surface area contributed by atoms with Crippen LogP contribution in [0, 0.1) is 11.8 Å². The summed E-state index contributed by atoms with van der Waals surface area (Å²) in [4.78, 5) is 37.5. The zero-order valence-corrected chi connectivity index (χ0v) is 16.8. The van der Waals surface area contributed by atoms with Gasteiger partial charge in [0.25, 0.3) is 17.7 Å². The first-order valence-corrected chi connectivity index (χ1v) is 9.80. The van der Waals surface area contributed by atoms with E-state index in [0.717, 1.165) is 5.01 Å². The van der Waals surface area contributed by atoms with Gasteiger partial charge in [-0.05, 0) is 31.0 Å². The Morgan fingerprint density at radius 1 is 1.04 bits per heavy atom. The van der Waals surface area contributed by atoms with Crippen molar-refractivity contribution in [1.29, 1.82) is 0 Å². The minimum atomic E-state index is -0.584. The second-order valence-electron chi connectivity index (χ2n) is 5.80. The Hall–Kier alpha value is -0.630. The number of fused-ring (bicyclic) bond motifs is 1. The van der Waals surface area contributed by atoms with E-state index in [-0.39, 0.29) is 32.1 Å². The van der Waals surface area contributed by atoms with Crippen LogP contribution >= 0.6 is 55.1 Å². The summed E-state index contributed by atoms with van der Waals surface area (Å²) in [6, 6.07) is 4.35. The lowest BCUT2D eigenvalue weighted by Gasteiger charge is -2.29. The predicted octanol–water partition coefficient (Wildman–Crippen LogP) is 3.56. The Balaban J connectivity index is 1.77. The van der Waals surface area contributed by atoms with Crippen LogP contribution in [0.2, 0.25) is 10.0 Å². The highest BCUT2D eigenvalue weighted by Gasteiger charge is 2.52. The van der Waals surface area contributed by atoms with Crippen molar-refractivity contribution in [1.82, 2.24) is 10.4 Å². The summed E-state index contributed by atoms with van der Waals surface area (Å²) in [5.41, 5.74) is 2.61. The van der Waals surface area contributed by atoms with Crippen LogP contribution in [0.25, 0.3) is 0 Å². The quantitative estimate of drug-likeness (QED) is 0.501. The van der Waals surface area contributed by atoms with Gasteiger partial charge >= 0.3 is 0 Å². The van der Waals surface area contributed by atoms with Gasteiger partial charge in [0, 0.05) is 15.2 Å². The SMILES string of the molecule is O=C(NN1C(=O)[C@@H]2C[C@@H](Br)[C@@H](Br)C[C@H]2C1=O)c1ccc(Cl)c(Cl)c1. The number of carbonyl (C=O) groups excluding carboxylic acids is 3. The summed E-state index contributed by atoms with van der Waals surface area (Å²) >= 11 is 18.7. The molecule has 1 aliphatic carbocycles. The van der Waals surface area contributed by atoms with Crippen molar-refractivity contribution in [3.8, 4) is 0 Å². The molecule has 3 rings (SSSR count). The van der Waals surface area contributed by atoms with E-state index in [1.165, 1.54) is 18.2 Å². The molecule has 1 aromatic rings. The maximum Gasteiger partial charge on any atom is 0.270 e. The highest BCUT2D eigenvalue weighted by atomic mass is 79.9. The fourth-order valence-corrected chi connectivity index (χ4v) is 4.54. The van der Waals surface area contributed by atoms with Gasteiger partial charge in [0.2, 0.25) is 0 Å². The van der Waals surface area contributed by atoms with Gasteiger partial charge in [-0.3, -0.25) is 19.8 Å². The molecule has 1 N–H and O–H groups in total. The highest BCUT2D eigenvalue weighted by Crippen LogP contribution is 2.42. The standard InChI is InChI=1S/C15H12Br2Cl2N2O3/c16-9-4-7-8(5-10(9)17)15(24)21(14(7)23)20-13(22)6-1-2-11(18)12(19)3-6/h1-3,7-10H,4-5H2,(H,20,22)/t7-,8-,9-,10+/m1/s1. The summed E-state index contributed by atoms with van der Waals surface area (Å²) < 4.78 is 0. The maximum absolute atomic E-state index is 12.5. The third kappa shape index (κ3) is 3.23. The normalized spacial score (nSPS) is 29.6. The van der Waals surface area contributed by atoms with Gasteiger partial charge in [-0.1, -0.05) is 55.1 Å². The van der Waals surface area contributed by atoms with Crippen LogP contribution in [-0.4, -0.2) is 32.4 Å². The second-order valence-corrected chi connectivity index (χ2v) is 8.96. The zero-order valence-electron chi connectivity index (χ0n) is 12.1. The van der Waals surface area contributed by atoms with Gasteiger partial charge in [-0.2, -0.15) is 5.01 Å². The second kappa shape index (κ2) is 6.94. The molecule has 24 heavy (non-hydrogen) atoms. The lowest BCUT2D eigenvalue weighted by Crippen LogP contribution is -2.46. The fraction of sp³-hybridized carbons (Fsp3) is 0.400. The average molecular weight is 499 g/mol. The van der Waals surface area contributed by atoms with Crippen LogP contribution in [0.4, 0.5) is 0 Å². The number of halogens is 4. The minimum absolute atomic E-state index is 0.112. The van der Waals surface area contributed by atoms with Gasteiger partial charge < -0.3 is 0 Å². The lowest BCUT2D eigenvalue weighted by molar-refractivity contribution is -0.142. The van der Waals surface area contributed by atoms with E-state index in [1.807, 2.05) is 0 Å². The van der Waals surface area contributed by atoms with Crippen LogP contribution in [0.15, 0.2) is 18.2 Å². The molecule has 1 aromatic carbocycles. The Kier molecular flexibility index (Phi) is 5.25. The molecule has 1 heterocycles. The summed E-state index contributed by atoms with van der Waals surface area (Å²) in [6.45, 7) is 0. The molecular weight excluding hydrogens is 487 g/mol. The van der Waals surface area contributed by atoms with Crippen molar-refractivity contribution in [2.75, 3.05) is 0 Å². The van der Waals surface area contributed by atoms with E-state index in [0.29, 0.717) is 17.9 Å². The molecule has 1 saturated carbocycles. The molecular formula is C15H12Br2Cl2N2O3. The predicted molar refractivity (Wildman–Crippen MR) is 97.4 cm³/mol. The summed E-state index contributed by atoms with van der Waals surface area (Å²) in [5, 5.41) is 1.38. The Bertz CT molecular complexity index is 703. The summed E-state index contributed by atoms with van der Waals surface area (Å²) in [7, 11) is 0. The molecule has 2 fully saturated rings. The molecule has 0 aromatic heterocycles. The van der Waals surface area contributed by atoms with Crippen molar-refractivity contribution in [3.63, 3.8) is 0 Å². The first kappa shape index (κ1) is 18.2. The van der Waals surface area contributed by atoms with Crippen molar-refractivity contribution >= 4 is 72.8 Å². The average Bonchev–Trinajstić information content (AvgIpc) is 2.75. The molecule has 0 bridgehead atoms. The largest absolute Gasteiger partial charge is 0.272 e. The van der Waals surface area contributed by atoms with Gasteiger partial charge in [-0.25, -0.2) is 0 Å². The zero-order chi connectivity index (χ0) is 17.6.